The molecule has 1 heterocycles. The van der Waals surface area contributed by atoms with Gasteiger partial charge >= 0.3 is 5.97 Å². The molecule has 1 atom stereocenters. The Morgan fingerprint density at radius 2 is 2.21 bits per heavy atom. The van der Waals surface area contributed by atoms with Gasteiger partial charge in [0.2, 0.25) is 0 Å². The van der Waals surface area contributed by atoms with Gasteiger partial charge in [-0.2, -0.15) is 0 Å². The van der Waals surface area contributed by atoms with Crippen molar-refractivity contribution in [1.82, 2.24) is 9.97 Å². The van der Waals surface area contributed by atoms with Crippen molar-refractivity contribution in [3.8, 4) is 0 Å². The summed E-state index contributed by atoms with van der Waals surface area (Å²) in [7, 11) is 1.31. The lowest BCUT2D eigenvalue weighted by molar-refractivity contribution is 0.0593. The third-order valence-electron chi connectivity index (χ3n) is 2.77. The first kappa shape index (κ1) is 15.4. The van der Waals surface area contributed by atoms with E-state index in [0.717, 1.165) is 6.42 Å². The number of nitrogens with one attached hydrogen (secondary N) is 1. The summed E-state index contributed by atoms with van der Waals surface area (Å²) in [5, 5.41) is 3.25. The zero-order chi connectivity index (χ0) is 14.5. The normalized spacial score (nSPS) is 14.0. The molecular formula is C13H22N4O2. The minimum absolute atomic E-state index is 0.177. The second-order valence-corrected chi connectivity index (χ2v) is 5.27. The topological polar surface area (TPSA) is 90.1 Å². The second-order valence-electron chi connectivity index (χ2n) is 5.27. The Morgan fingerprint density at radius 3 is 2.74 bits per heavy atom. The van der Waals surface area contributed by atoms with Gasteiger partial charge in [-0.3, -0.25) is 4.98 Å². The van der Waals surface area contributed by atoms with Crippen molar-refractivity contribution in [2.75, 3.05) is 19.0 Å². The molecule has 0 aliphatic rings. The predicted molar refractivity (Wildman–Crippen MR) is 73.9 cm³/mol. The molecule has 0 radical (unpaired) electrons. The molecule has 106 valence electrons. The van der Waals surface area contributed by atoms with E-state index in [1.165, 1.54) is 13.3 Å². The molecule has 1 aromatic rings. The quantitative estimate of drug-likeness (QED) is 0.757. The average molecular weight is 266 g/mol. The van der Waals surface area contributed by atoms with Crippen LogP contribution in [0.3, 0.4) is 0 Å². The minimum atomic E-state index is -0.505. The molecule has 6 heteroatoms. The van der Waals surface area contributed by atoms with Gasteiger partial charge in [0, 0.05) is 12.1 Å². The first-order valence-corrected chi connectivity index (χ1v) is 6.29. The third-order valence-corrected chi connectivity index (χ3v) is 2.77. The van der Waals surface area contributed by atoms with Gasteiger partial charge in [0.1, 0.15) is 5.82 Å². The van der Waals surface area contributed by atoms with Crippen LogP contribution in [0.1, 0.15) is 37.7 Å². The summed E-state index contributed by atoms with van der Waals surface area (Å²) < 4.78 is 4.62. The highest BCUT2D eigenvalue weighted by molar-refractivity contribution is 5.87. The van der Waals surface area contributed by atoms with Crippen LogP contribution in [0.25, 0.3) is 0 Å². The summed E-state index contributed by atoms with van der Waals surface area (Å²) in [5.74, 6) is 0.517. The monoisotopic (exact) mass is 266 g/mol. The van der Waals surface area contributed by atoms with Gasteiger partial charge in [-0.25, -0.2) is 9.78 Å². The molecule has 0 fully saturated rings. The van der Waals surface area contributed by atoms with Crippen molar-refractivity contribution in [3.05, 3.63) is 18.1 Å². The summed E-state index contributed by atoms with van der Waals surface area (Å²) >= 11 is 0. The van der Waals surface area contributed by atoms with Crippen molar-refractivity contribution in [2.24, 2.45) is 11.7 Å². The number of carbonyl (C=O) groups is 1. The number of nitrogens with two attached hydrogens (primary N) is 1. The largest absolute Gasteiger partial charge is 0.464 e. The van der Waals surface area contributed by atoms with Gasteiger partial charge in [0.05, 0.1) is 19.5 Å². The highest BCUT2D eigenvalue weighted by Crippen LogP contribution is 2.20. The van der Waals surface area contributed by atoms with E-state index in [0.29, 0.717) is 18.3 Å². The number of hydrogen-bond acceptors (Lipinski definition) is 6. The predicted octanol–water partition coefficient (Wildman–Crippen LogP) is 1.44. The van der Waals surface area contributed by atoms with Crippen LogP contribution < -0.4 is 11.1 Å². The zero-order valence-corrected chi connectivity index (χ0v) is 11.9. The number of carbonyl (C=O) groups excluding carboxylic acids is 1. The number of methoxy groups -OCH3 is 1. The van der Waals surface area contributed by atoms with Crippen molar-refractivity contribution >= 4 is 11.8 Å². The third kappa shape index (κ3) is 4.48. The molecule has 1 unspecified atom stereocenters. The molecule has 0 aliphatic carbocycles. The van der Waals surface area contributed by atoms with Gasteiger partial charge in [-0.05, 0) is 19.3 Å². The zero-order valence-electron chi connectivity index (χ0n) is 11.9. The maximum absolute atomic E-state index is 11.4. The first-order chi connectivity index (χ1) is 8.90. The Kier molecular flexibility index (Phi) is 5.23. The molecule has 0 spiro atoms. The summed E-state index contributed by atoms with van der Waals surface area (Å²) in [4.78, 5) is 19.6. The molecule has 0 saturated heterocycles. The van der Waals surface area contributed by atoms with E-state index in [2.05, 4.69) is 33.9 Å². The van der Waals surface area contributed by atoms with Gasteiger partial charge in [-0.1, -0.05) is 13.8 Å². The molecule has 0 bridgehead atoms. The summed E-state index contributed by atoms with van der Waals surface area (Å²) in [6, 6.07) is 0. The SMILES string of the molecule is COC(=O)c1cncc(NC(C)(CN)CC(C)C)n1. The molecule has 0 aliphatic heterocycles. The Hall–Kier alpha value is -1.69. The van der Waals surface area contributed by atoms with Crippen LogP contribution in [0.4, 0.5) is 5.82 Å². The number of hydrogen-bond donors (Lipinski definition) is 2. The van der Waals surface area contributed by atoms with Gasteiger partial charge < -0.3 is 15.8 Å². The molecule has 0 aromatic carbocycles. The summed E-state index contributed by atoms with van der Waals surface area (Å²) in [5.41, 5.74) is 5.72. The van der Waals surface area contributed by atoms with E-state index in [4.69, 9.17) is 5.73 Å². The maximum Gasteiger partial charge on any atom is 0.358 e. The molecule has 1 aromatic heterocycles. The van der Waals surface area contributed by atoms with E-state index in [9.17, 15) is 4.79 Å². The number of esters is 1. The van der Waals surface area contributed by atoms with Crippen LogP contribution in [0, 0.1) is 5.92 Å². The standard InChI is InChI=1S/C13H22N4O2/c1-9(2)5-13(3,8-14)17-11-7-15-6-10(16-11)12(18)19-4/h6-7,9H,5,8,14H2,1-4H3,(H,16,17). The fraction of sp³-hybridized carbons (Fsp3) is 0.615. The number of nitrogens with zero attached hydrogens (tertiary/aromatic N) is 2. The summed E-state index contributed by atoms with van der Waals surface area (Å²) in [6.45, 7) is 6.76. The second kappa shape index (κ2) is 6.47. The van der Waals surface area contributed by atoms with Crippen molar-refractivity contribution < 1.29 is 9.53 Å². The van der Waals surface area contributed by atoms with E-state index >= 15 is 0 Å². The number of ether oxygens (including phenoxy) is 1. The smallest absolute Gasteiger partial charge is 0.358 e. The number of anilines is 1. The molecule has 3 N–H and O–H groups in total. The Morgan fingerprint density at radius 1 is 1.53 bits per heavy atom. The fourth-order valence-corrected chi connectivity index (χ4v) is 2.02. The molecule has 0 amide bonds. The summed E-state index contributed by atoms with van der Waals surface area (Å²) in [6.07, 6.45) is 3.84. The van der Waals surface area contributed by atoms with Crippen LogP contribution in [-0.4, -0.2) is 35.1 Å². The lowest BCUT2D eigenvalue weighted by Gasteiger charge is -2.31. The Bertz CT molecular complexity index is 436. The van der Waals surface area contributed by atoms with Crippen LogP contribution in [0.15, 0.2) is 12.4 Å². The van der Waals surface area contributed by atoms with Gasteiger partial charge in [0.25, 0.3) is 0 Å². The average Bonchev–Trinajstić information content (AvgIpc) is 2.37. The molecule has 1 rings (SSSR count). The van der Waals surface area contributed by atoms with Crippen molar-refractivity contribution in [3.63, 3.8) is 0 Å². The van der Waals surface area contributed by atoms with Crippen molar-refractivity contribution in [1.29, 1.82) is 0 Å². The highest BCUT2D eigenvalue weighted by atomic mass is 16.5. The minimum Gasteiger partial charge on any atom is -0.464 e. The lowest BCUT2D eigenvalue weighted by atomic mass is 9.91. The highest BCUT2D eigenvalue weighted by Gasteiger charge is 2.24. The molecule has 0 saturated carbocycles. The lowest BCUT2D eigenvalue weighted by Crippen LogP contribution is -2.44. The number of rotatable bonds is 6. The van der Waals surface area contributed by atoms with Crippen molar-refractivity contribution in [2.45, 2.75) is 32.7 Å². The maximum atomic E-state index is 11.4. The first-order valence-electron chi connectivity index (χ1n) is 6.29. The van der Waals surface area contributed by atoms with Crippen LogP contribution in [-0.2, 0) is 4.74 Å². The fourth-order valence-electron chi connectivity index (χ4n) is 2.02. The van der Waals surface area contributed by atoms with E-state index < -0.39 is 5.97 Å². The Balaban J connectivity index is 2.88. The Labute approximate surface area is 113 Å². The molecule has 19 heavy (non-hydrogen) atoms. The van der Waals surface area contributed by atoms with E-state index in [1.54, 1.807) is 6.20 Å². The molecule has 6 nitrogen and oxygen atoms in total. The van der Waals surface area contributed by atoms with Gasteiger partial charge in [-0.15, -0.1) is 0 Å². The van der Waals surface area contributed by atoms with E-state index in [-0.39, 0.29) is 11.2 Å². The van der Waals surface area contributed by atoms with Crippen LogP contribution >= 0.6 is 0 Å². The van der Waals surface area contributed by atoms with E-state index in [1.807, 2.05) is 6.92 Å². The van der Waals surface area contributed by atoms with Crippen LogP contribution in [0.2, 0.25) is 0 Å². The molecular weight excluding hydrogens is 244 g/mol. The number of aromatic nitrogens is 2. The van der Waals surface area contributed by atoms with Gasteiger partial charge in [0.15, 0.2) is 5.69 Å². The van der Waals surface area contributed by atoms with Crippen LogP contribution in [0.5, 0.6) is 0 Å².